The molecule has 2 nitrogen and oxygen atoms in total. The van der Waals surface area contributed by atoms with E-state index in [2.05, 4.69) is 37.8 Å². The summed E-state index contributed by atoms with van der Waals surface area (Å²) < 4.78 is 11.5. The van der Waals surface area contributed by atoms with Crippen LogP contribution in [0.1, 0.15) is 32.6 Å². The number of allylic oxidation sites excluding steroid dienone is 9. The van der Waals surface area contributed by atoms with Crippen LogP contribution in [-0.2, 0) is 9.26 Å². The molecular weight excluding hydrogens is 279 g/mol. The van der Waals surface area contributed by atoms with Crippen molar-refractivity contribution in [3.8, 4) is 0 Å². The highest BCUT2D eigenvalue weighted by molar-refractivity contribution is 7.62. The fourth-order valence-corrected chi connectivity index (χ4v) is 4.92. The average molecular weight is 300 g/mol. The van der Waals surface area contributed by atoms with Crippen molar-refractivity contribution in [2.45, 2.75) is 32.6 Å². The molecule has 0 saturated carbocycles. The molecule has 1 aliphatic heterocycles. The third-order valence-corrected chi connectivity index (χ3v) is 6.00. The molecule has 3 aliphatic rings. The molecule has 0 aromatic rings. The summed E-state index contributed by atoms with van der Waals surface area (Å²) >= 11 is 0. The van der Waals surface area contributed by atoms with E-state index in [0.717, 1.165) is 31.4 Å². The molecule has 0 radical (unpaired) electrons. The Morgan fingerprint density at radius 2 is 1.95 bits per heavy atom. The third-order valence-electron chi connectivity index (χ3n) is 4.00. The number of rotatable bonds is 3. The SMILES string of the molecule is C=C(/C=C(\C)P1OC2=C(CCC=C2)C2=C1C=CCC2)OC. The molecule has 0 amide bonds. The first-order valence-electron chi connectivity index (χ1n) is 7.39. The summed E-state index contributed by atoms with van der Waals surface area (Å²) in [7, 11) is 0.881. The minimum absolute atomic E-state index is 0.680. The van der Waals surface area contributed by atoms with E-state index in [-0.39, 0.29) is 0 Å². The Kier molecular flexibility index (Phi) is 4.17. The van der Waals surface area contributed by atoms with Crippen molar-refractivity contribution in [3.63, 3.8) is 0 Å². The van der Waals surface area contributed by atoms with Gasteiger partial charge in [-0.3, -0.25) is 0 Å². The number of ether oxygens (including phenoxy) is 1. The smallest absolute Gasteiger partial charge is 0.146 e. The molecule has 2 aliphatic carbocycles. The van der Waals surface area contributed by atoms with Crippen LogP contribution in [0.25, 0.3) is 0 Å². The zero-order valence-electron chi connectivity index (χ0n) is 12.7. The Morgan fingerprint density at radius 1 is 1.24 bits per heavy atom. The zero-order valence-corrected chi connectivity index (χ0v) is 13.6. The summed E-state index contributed by atoms with van der Waals surface area (Å²) in [6.45, 7) is 6.00. The summed E-state index contributed by atoms with van der Waals surface area (Å²) in [6, 6.07) is 0. The van der Waals surface area contributed by atoms with Crippen LogP contribution in [0.2, 0.25) is 0 Å². The molecule has 3 rings (SSSR count). The Balaban J connectivity index is 2.01. The summed E-state index contributed by atoms with van der Waals surface area (Å²) in [5.41, 5.74) is 2.94. The molecule has 0 aromatic heterocycles. The second-order valence-electron chi connectivity index (χ2n) is 5.43. The monoisotopic (exact) mass is 300 g/mol. The van der Waals surface area contributed by atoms with Gasteiger partial charge in [-0.1, -0.05) is 24.8 Å². The third kappa shape index (κ3) is 2.78. The van der Waals surface area contributed by atoms with Gasteiger partial charge in [0.15, 0.2) is 0 Å². The molecule has 1 atom stereocenters. The maximum absolute atomic E-state index is 6.35. The van der Waals surface area contributed by atoms with E-state index in [4.69, 9.17) is 9.26 Å². The number of methoxy groups -OCH3 is 1. The zero-order chi connectivity index (χ0) is 14.8. The highest BCUT2D eigenvalue weighted by Crippen LogP contribution is 2.62. The van der Waals surface area contributed by atoms with Gasteiger partial charge in [-0.2, -0.15) is 0 Å². The van der Waals surface area contributed by atoms with E-state index < -0.39 is 8.15 Å². The highest BCUT2D eigenvalue weighted by atomic mass is 31.1. The van der Waals surface area contributed by atoms with Crippen molar-refractivity contribution < 1.29 is 9.26 Å². The summed E-state index contributed by atoms with van der Waals surface area (Å²) in [6.07, 6.45) is 15.4. The van der Waals surface area contributed by atoms with E-state index in [9.17, 15) is 0 Å². The lowest BCUT2D eigenvalue weighted by Crippen LogP contribution is -2.10. The molecule has 1 heterocycles. The summed E-state index contributed by atoms with van der Waals surface area (Å²) in [5.74, 6) is 1.76. The fraction of sp³-hybridized carbons (Fsp3) is 0.333. The van der Waals surface area contributed by atoms with Gasteiger partial charge in [0.2, 0.25) is 0 Å². The molecule has 0 N–H and O–H groups in total. The van der Waals surface area contributed by atoms with Gasteiger partial charge in [0, 0.05) is 5.31 Å². The van der Waals surface area contributed by atoms with Crippen LogP contribution in [0, 0.1) is 0 Å². The minimum Gasteiger partial charge on any atom is -0.497 e. The van der Waals surface area contributed by atoms with Gasteiger partial charge in [0.05, 0.1) is 7.11 Å². The first-order valence-corrected chi connectivity index (χ1v) is 8.65. The number of hydrogen-bond donors (Lipinski definition) is 0. The average Bonchev–Trinajstić information content (AvgIpc) is 2.53. The van der Waals surface area contributed by atoms with Gasteiger partial charge in [0.1, 0.15) is 19.7 Å². The molecule has 0 bridgehead atoms. The van der Waals surface area contributed by atoms with E-state index in [0.29, 0.717) is 5.76 Å². The van der Waals surface area contributed by atoms with Crippen LogP contribution in [0.5, 0.6) is 0 Å². The van der Waals surface area contributed by atoms with E-state index in [1.807, 2.05) is 6.08 Å². The number of hydrogen-bond acceptors (Lipinski definition) is 2. The van der Waals surface area contributed by atoms with Crippen molar-refractivity contribution in [2.75, 3.05) is 7.11 Å². The van der Waals surface area contributed by atoms with Crippen molar-refractivity contribution in [1.82, 2.24) is 0 Å². The minimum atomic E-state index is -0.768. The lowest BCUT2D eigenvalue weighted by Gasteiger charge is -2.34. The van der Waals surface area contributed by atoms with Gasteiger partial charge < -0.3 is 9.26 Å². The van der Waals surface area contributed by atoms with Crippen LogP contribution in [0.15, 0.2) is 70.3 Å². The largest absolute Gasteiger partial charge is 0.497 e. The topological polar surface area (TPSA) is 18.5 Å². The van der Waals surface area contributed by atoms with Crippen LogP contribution in [-0.4, -0.2) is 7.11 Å². The van der Waals surface area contributed by atoms with Gasteiger partial charge >= 0.3 is 0 Å². The molecule has 3 heteroatoms. The van der Waals surface area contributed by atoms with Gasteiger partial charge in [-0.15, -0.1) is 0 Å². The molecule has 21 heavy (non-hydrogen) atoms. The van der Waals surface area contributed by atoms with Gasteiger partial charge in [-0.25, -0.2) is 0 Å². The summed E-state index contributed by atoms with van der Waals surface area (Å²) in [4.78, 5) is 0. The summed E-state index contributed by atoms with van der Waals surface area (Å²) in [5, 5.41) is 2.57. The molecule has 1 unspecified atom stereocenters. The van der Waals surface area contributed by atoms with E-state index >= 15 is 0 Å². The predicted octanol–water partition coefficient (Wildman–Crippen LogP) is 5.69. The molecule has 0 fully saturated rings. The molecule has 0 spiro atoms. The lowest BCUT2D eigenvalue weighted by molar-refractivity contribution is 0.308. The molecule has 0 saturated heterocycles. The standard InChI is InChI=1S/C18H21O2P/c1-13(19-3)12-14(2)21-18-11-7-5-9-16(18)15-8-4-6-10-17(15)20-21/h6-7,10-12H,1,4-5,8-9H2,2-3H3/b14-12+. The van der Waals surface area contributed by atoms with Gasteiger partial charge in [-0.05, 0) is 61.2 Å². The van der Waals surface area contributed by atoms with Crippen molar-refractivity contribution >= 4 is 8.15 Å². The lowest BCUT2D eigenvalue weighted by atomic mass is 9.90. The Hall–Kier alpha value is -1.53. The van der Waals surface area contributed by atoms with Crippen LogP contribution >= 0.6 is 8.15 Å². The number of fused-ring (bicyclic) bond motifs is 1. The fourth-order valence-electron chi connectivity index (χ4n) is 2.93. The Morgan fingerprint density at radius 3 is 2.71 bits per heavy atom. The van der Waals surface area contributed by atoms with Crippen molar-refractivity contribution in [1.29, 1.82) is 0 Å². The van der Waals surface area contributed by atoms with Crippen LogP contribution in [0.3, 0.4) is 0 Å². The van der Waals surface area contributed by atoms with Crippen molar-refractivity contribution in [2.24, 2.45) is 0 Å². The van der Waals surface area contributed by atoms with Gasteiger partial charge in [0.25, 0.3) is 0 Å². The van der Waals surface area contributed by atoms with Crippen molar-refractivity contribution in [3.05, 3.63) is 70.3 Å². The quantitative estimate of drug-likeness (QED) is 0.379. The maximum Gasteiger partial charge on any atom is 0.146 e. The Bertz CT molecular complexity index is 617. The maximum atomic E-state index is 6.35. The predicted molar refractivity (Wildman–Crippen MR) is 88.7 cm³/mol. The van der Waals surface area contributed by atoms with Crippen LogP contribution in [0.4, 0.5) is 0 Å². The highest BCUT2D eigenvalue weighted by Gasteiger charge is 2.31. The molecule has 0 aromatic carbocycles. The normalized spacial score (nSPS) is 24.5. The molecular formula is C18H21O2P. The Labute approximate surface area is 128 Å². The van der Waals surface area contributed by atoms with E-state index in [1.165, 1.54) is 21.8 Å². The van der Waals surface area contributed by atoms with E-state index in [1.54, 1.807) is 7.11 Å². The molecule has 110 valence electrons. The second kappa shape index (κ2) is 6.07. The first-order chi connectivity index (χ1) is 10.2. The first kappa shape index (κ1) is 14.4. The second-order valence-corrected chi connectivity index (χ2v) is 7.39. The van der Waals surface area contributed by atoms with Crippen LogP contribution < -0.4 is 0 Å².